The van der Waals surface area contributed by atoms with Gasteiger partial charge in [-0.3, -0.25) is 4.79 Å². The summed E-state index contributed by atoms with van der Waals surface area (Å²) in [7, 11) is 0. The van der Waals surface area contributed by atoms with Gasteiger partial charge in [-0.2, -0.15) is 5.26 Å². The van der Waals surface area contributed by atoms with E-state index in [0.717, 1.165) is 27.8 Å². The van der Waals surface area contributed by atoms with Gasteiger partial charge in [-0.15, -0.1) is 0 Å². The Balaban J connectivity index is 2.47. The minimum absolute atomic E-state index is 0.0528. The number of nitrogens with zero attached hydrogens (tertiary/aromatic N) is 1. The Morgan fingerprint density at radius 3 is 2.81 bits per heavy atom. The summed E-state index contributed by atoms with van der Waals surface area (Å²) in [5.74, 6) is 0.0528. The number of carbonyl (C=O) groups is 1. The third-order valence-corrected chi connectivity index (χ3v) is 3.63. The van der Waals surface area contributed by atoms with Crippen molar-refractivity contribution in [1.29, 1.82) is 5.26 Å². The minimum atomic E-state index is 0.0528. The molecule has 0 N–H and O–H groups in total. The first-order valence-electron chi connectivity index (χ1n) is 6.85. The van der Waals surface area contributed by atoms with Crippen LogP contribution in [-0.2, 0) is 6.42 Å². The van der Waals surface area contributed by atoms with Crippen LogP contribution in [0.4, 0.5) is 0 Å². The second-order valence-corrected chi connectivity index (χ2v) is 4.95. The van der Waals surface area contributed by atoms with Crippen LogP contribution < -0.4 is 0 Å². The fourth-order valence-corrected chi connectivity index (χ4v) is 2.56. The van der Waals surface area contributed by atoms with Gasteiger partial charge < -0.3 is 0 Å². The Bertz CT molecular complexity index is 740. The predicted octanol–water partition coefficient (Wildman–Crippen LogP) is 4.22. The molecule has 0 aromatic heterocycles. The second kappa shape index (κ2) is 6.19. The number of fused-ring (bicyclic) bond motifs is 1. The molecule has 0 fully saturated rings. The van der Waals surface area contributed by atoms with Crippen LogP contribution in [0.15, 0.2) is 60.2 Å². The molecule has 2 nitrogen and oxygen atoms in total. The molecular weight excluding hydrogens is 258 g/mol. The average molecular weight is 275 g/mol. The fraction of sp³-hybridized carbons (Fsp3) is 0.158. The molecule has 104 valence electrons. The molecule has 0 amide bonds. The summed E-state index contributed by atoms with van der Waals surface area (Å²) in [6, 6.07) is 5.65. The number of carbonyl (C=O) groups excluding carboxylic acids is 1. The van der Waals surface area contributed by atoms with Gasteiger partial charge >= 0.3 is 0 Å². The van der Waals surface area contributed by atoms with E-state index in [1.54, 1.807) is 18.2 Å². The maximum absolute atomic E-state index is 12.5. The number of hydrogen-bond acceptors (Lipinski definition) is 2. The number of nitriles is 1. The molecule has 0 bridgehead atoms. The molecule has 1 aromatic rings. The summed E-state index contributed by atoms with van der Waals surface area (Å²) < 4.78 is 0. The molecule has 0 radical (unpaired) electrons. The summed E-state index contributed by atoms with van der Waals surface area (Å²) in [5, 5.41) is 9.09. The third kappa shape index (κ3) is 2.78. The van der Waals surface area contributed by atoms with E-state index in [2.05, 4.69) is 12.6 Å². The van der Waals surface area contributed by atoms with Crippen LogP contribution in [0.3, 0.4) is 0 Å². The van der Waals surface area contributed by atoms with Crippen LogP contribution in [0, 0.1) is 18.3 Å². The lowest BCUT2D eigenvalue weighted by Crippen LogP contribution is -1.96. The Morgan fingerprint density at radius 1 is 1.43 bits per heavy atom. The number of ketones is 1. The highest BCUT2D eigenvalue weighted by Gasteiger charge is 2.27. The molecule has 0 unspecified atom stereocenters. The maximum atomic E-state index is 12.5. The number of allylic oxidation sites excluding steroid dienone is 7. The van der Waals surface area contributed by atoms with E-state index in [0.29, 0.717) is 12.0 Å². The van der Waals surface area contributed by atoms with Crippen LogP contribution in [0.2, 0.25) is 0 Å². The fourth-order valence-electron chi connectivity index (χ4n) is 2.56. The van der Waals surface area contributed by atoms with Gasteiger partial charge in [0.15, 0.2) is 5.78 Å². The van der Waals surface area contributed by atoms with Gasteiger partial charge in [0.05, 0.1) is 11.6 Å². The van der Waals surface area contributed by atoms with E-state index < -0.39 is 0 Å². The van der Waals surface area contributed by atoms with E-state index in [1.807, 2.05) is 38.2 Å². The number of rotatable bonds is 3. The minimum Gasteiger partial charge on any atom is -0.289 e. The van der Waals surface area contributed by atoms with Crippen molar-refractivity contribution >= 4 is 5.78 Å². The largest absolute Gasteiger partial charge is 0.289 e. The number of benzene rings is 1. The molecular formula is C19H17NO. The molecule has 1 aliphatic carbocycles. The summed E-state index contributed by atoms with van der Waals surface area (Å²) in [6.45, 7) is 7.53. The lowest BCUT2D eigenvalue weighted by molar-refractivity contribution is 0.103. The van der Waals surface area contributed by atoms with E-state index in [9.17, 15) is 4.79 Å². The van der Waals surface area contributed by atoms with E-state index >= 15 is 0 Å². The number of Topliss-reactive ketones (excluding diaryl/α,β-unsaturated/α-hetero) is 1. The molecule has 0 saturated heterocycles. The summed E-state index contributed by atoms with van der Waals surface area (Å²) in [4.78, 5) is 12.5. The second-order valence-electron chi connectivity index (χ2n) is 4.95. The van der Waals surface area contributed by atoms with Crippen LogP contribution >= 0.6 is 0 Å². The smallest absolute Gasteiger partial charge is 0.189 e. The average Bonchev–Trinajstić information content (AvgIpc) is 2.78. The van der Waals surface area contributed by atoms with Gasteiger partial charge in [-0.05, 0) is 48.8 Å². The van der Waals surface area contributed by atoms with Gasteiger partial charge in [0.2, 0.25) is 0 Å². The van der Waals surface area contributed by atoms with Gasteiger partial charge in [0.25, 0.3) is 0 Å². The Kier molecular flexibility index (Phi) is 4.35. The maximum Gasteiger partial charge on any atom is 0.189 e. The number of hydrogen-bond donors (Lipinski definition) is 0. The predicted molar refractivity (Wildman–Crippen MR) is 85.1 cm³/mol. The zero-order valence-electron chi connectivity index (χ0n) is 12.3. The van der Waals surface area contributed by atoms with Crippen molar-refractivity contribution in [2.45, 2.75) is 20.3 Å². The molecule has 21 heavy (non-hydrogen) atoms. The van der Waals surface area contributed by atoms with Gasteiger partial charge in [-0.25, -0.2) is 0 Å². The summed E-state index contributed by atoms with van der Waals surface area (Å²) >= 11 is 0. The SMILES string of the molecule is C=C/C=C(\C=C/C)/C=C1\Cc2c(ccc(C#N)c2C)C1=O. The standard InChI is InChI=1S/C19H17NO/c1-4-6-14(7-5-2)10-16-11-18-13(3)15(12-20)8-9-17(18)19(16)21/h4-10H,1,11H2,2-3H3/b7-5-,14-6+,16-10+. The van der Waals surface area contributed by atoms with Crippen LogP contribution in [-0.4, -0.2) is 5.78 Å². The van der Waals surface area contributed by atoms with Crippen molar-refractivity contribution in [2.24, 2.45) is 0 Å². The molecule has 0 heterocycles. The molecule has 0 saturated carbocycles. The highest BCUT2D eigenvalue weighted by molar-refractivity contribution is 6.13. The van der Waals surface area contributed by atoms with E-state index in [4.69, 9.17) is 5.26 Å². The first-order valence-corrected chi connectivity index (χ1v) is 6.85. The topological polar surface area (TPSA) is 40.9 Å². The van der Waals surface area contributed by atoms with Crippen molar-refractivity contribution in [3.63, 3.8) is 0 Å². The molecule has 2 rings (SSSR count). The van der Waals surface area contributed by atoms with Crippen molar-refractivity contribution < 1.29 is 4.79 Å². The normalized spacial score (nSPS) is 16.3. The van der Waals surface area contributed by atoms with Crippen LogP contribution in [0.5, 0.6) is 0 Å². The molecule has 1 aromatic carbocycles. The summed E-state index contributed by atoms with van der Waals surface area (Å²) in [6.07, 6.45) is 9.93. The zero-order valence-corrected chi connectivity index (χ0v) is 12.3. The monoisotopic (exact) mass is 275 g/mol. The molecule has 0 spiro atoms. The Morgan fingerprint density at radius 2 is 2.19 bits per heavy atom. The van der Waals surface area contributed by atoms with E-state index in [1.165, 1.54) is 0 Å². The third-order valence-electron chi connectivity index (χ3n) is 3.63. The molecule has 0 atom stereocenters. The van der Waals surface area contributed by atoms with Gasteiger partial charge in [0, 0.05) is 17.6 Å². The first kappa shape index (κ1) is 14.7. The molecule has 2 heteroatoms. The molecule has 0 aliphatic heterocycles. The van der Waals surface area contributed by atoms with Crippen molar-refractivity contribution in [2.75, 3.05) is 0 Å². The van der Waals surface area contributed by atoms with Crippen LogP contribution in [0.25, 0.3) is 0 Å². The zero-order chi connectivity index (χ0) is 15.4. The summed E-state index contributed by atoms with van der Waals surface area (Å²) in [5.41, 5.74) is 4.95. The quantitative estimate of drug-likeness (QED) is 0.612. The Labute approximate surface area is 125 Å². The van der Waals surface area contributed by atoms with Crippen LogP contribution in [0.1, 0.15) is 34.0 Å². The van der Waals surface area contributed by atoms with E-state index in [-0.39, 0.29) is 5.78 Å². The lowest BCUT2D eigenvalue weighted by atomic mass is 9.99. The van der Waals surface area contributed by atoms with Gasteiger partial charge in [-0.1, -0.05) is 30.9 Å². The van der Waals surface area contributed by atoms with Crippen molar-refractivity contribution in [3.8, 4) is 6.07 Å². The van der Waals surface area contributed by atoms with Crippen molar-refractivity contribution in [3.05, 3.63) is 82.5 Å². The Hall–Kier alpha value is -2.66. The van der Waals surface area contributed by atoms with Crippen molar-refractivity contribution in [1.82, 2.24) is 0 Å². The highest BCUT2D eigenvalue weighted by atomic mass is 16.1. The van der Waals surface area contributed by atoms with Gasteiger partial charge in [0.1, 0.15) is 0 Å². The molecule has 1 aliphatic rings. The lowest BCUT2D eigenvalue weighted by Gasteiger charge is -2.03. The highest BCUT2D eigenvalue weighted by Crippen LogP contribution is 2.31. The first-order chi connectivity index (χ1) is 10.1.